The van der Waals surface area contributed by atoms with Crippen molar-refractivity contribution in [3.63, 3.8) is 0 Å². The van der Waals surface area contributed by atoms with Crippen LogP contribution in [-0.4, -0.2) is 12.5 Å². The Morgan fingerprint density at radius 2 is 2.29 bits per heavy atom. The minimum Gasteiger partial charge on any atom is -0.492 e. The Kier molecular flexibility index (Phi) is 4.21. The van der Waals surface area contributed by atoms with Gasteiger partial charge in [-0.05, 0) is 18.6 Å². The van der Waals surface area contributed by atoms with Gasteiger partial charge in [-0.25, -0.2) is 4.39 Å². The highest BCUT2D eigenvalue weighted by molar-refractivity contribution is 6.17. The summed E-state index contributed by atoms with van der Waals surface area (Å²) in [6.45, 7) is 0.391. The second-order valence-corrected chi connectivity index (χ2v) is 2.99. The molecule has 1 aromatic carbocycles. The predicted octanol–water partition coefficient (Wildman–Crippen LogP) is 2.71. The summed E-state index contributed by atoms with van der Waals surface area (Å²) in [6, 6.07) is 6.06. The van der Waals surface area contributed by atoms with Gasteiger partial charge in [0.05, 0.1) is 6.61 Å². The Hall–Kier alpha value is -1.27. The molecule has 0 heterocycles. The van der Waals surface area contributed by atoms with Crippen molar-refractivity contribution in [3.8, 4) is 11.8 Å². The van der Waals surface area contributed by atoms with Crippen LogP contribution in [0.2, 0.25) is 0 Å². The molecule has 0 N–H and O–H groups in total. The Morgan fingerprint density at radius 1 is 1.50 bits per heavy atom. The van der Waals surface area contributed by atoms with Gasteiger partial charge in [0.25, 0.3) is 0 Å². The molecule has 0 aliphatic carbocycles. The lowest BCUT2D eigenvalue weighted by molar-refractivity contribution is 0.315. The van der Waals surface area contributed by atoms with Gasteiger partial charge in [-0.2, -0.15) is 5.26 Å². The number of halogens is 2. The first kappa shape index (κ1) is 10.8. The summed E-state index contributed by atoms with van der Waals surface area (Å²) < 4.78 is 18.2. The van der Waals surface area contributed by atoms with Gasteiger partial charge in [-0.3, -0.25) is 0 Å². The van der Waals surface area contributed by atoms with Crippen LogP contribution in [0.3, 0.4) is 0 Å². The molecule has 0 amide bonds. The van der Waals surface area contributed by atoms with Gasteiger partial charge in [-0.15, -0.1) is 11.6 Å². The molecule has 0 bridgehead atoms. The monoisotopic (exact) mass is 213 g/mol. The van der Waals surface area contributed by atoms with Crippen molar-refractivity contribution in [1.82, 2.24) is 0 Å². The standard InChI is InChI=1S/C10H9ClFNO/c11-5-2-6-14-10-4-1-3-9(12)8(10)7-13/h1,3-4H,2,5-6H2. The SMILES string of the molecule is N#Cc1c(F)cccc1OCCCCl. The first-order chi connectivity index (χ1) is 6.79. The van der Waals surface area contributed by atoms with Crippen LogP contribution < -0.4 is 4.74 Å². The molecule has 0 fully saturated rings. The molecule has 1 aromatic rings. The summed E-state index contributed by atoms with van der Waals surface area (Å²) in [5.41, 5.74) is -0.0536. The molecule has 0 aliphatic heterocycles. The molecule has 0 atom stereocenters. The highest BCUT2D eigenvalue weighted by Crippen LogP contribution is 2.20. The zero-order valence-corrected chi connectivity index (χ0v) is 8.22. The summed E-state index contributed by atoms with van der Waals surface area (Å²) in [5.74, 6) is 0.200. The maximum Gasteiger partial charge on any atom is 0.144 e. The van der Waals surface area contributed by atoms with Crippen LogP contribution in [0.5, 0.6) is 5.75 Å². The molecule has 2 nitrogen and oxygen atoms in total. The molecule has 0 saturated carbocycles. The maximum absolute atomic E-state index is 13.0. The number of alkyl halides is 1. The summed E-state index contributed by atoms with van der Waals surface area (Å²) in [6.07, 6.45) is 0.670. The molecule has 14 heavy (non-hydrogen) atoms. The van der Waals surface area contributed by atoms with Crippen LogP contribution in [0.1, 0.15) is 12.0 Å². The van der Waals surface area contributed by atoms with Gasteiger partial charge in [0.15, 0.2) is 0 Å². The van der Waals surface area contributed by atoms with Gasteiger partial charge >= 0.3 is 0 Å². The highest BCUT2D eigenvalue weighted by atomic mass is 35.5. The number of hydrogen-bond donors (Lipinski definition) is 0. The predicted molar refractivity (Wildman–Crippen MR) is 51.9 cm³/mol. The van der Waals surface area contributed by atoms with Crippen molar-refractivity contribution in [2.75, 3.05) is 12.5 Å². The molecule has 0 aliphatic rings. The van der Waals surface area contributed by atoms with Crippen LogP contribution in [0.15, 0.2) is 18.2 Å². The second-order valence-electron chi connectivity index (χ2n) is 2.62. The van der Waals surface area contributed by atoms with Crippen LogP contribution in [0, 0.1) is 17.1 Å². The zero-order valence-electron chi connectivity index (χ0n) is 7.46. The molecular formula is C10H9ClFNO. The molecule has 0 saturated heterocycles. The third-order valence-electron chi connectivity index (χ3n) is 1.62. The van der Waals surface area contributed by atoms with E-state index in [1.807, 2.05) is 0 Å². The van der Waals surface area contributed by atoms with Crippen LogP contribution in [0.4, 0.5) is 4.39 Å². The number of nitriles is 1. The van der Waals surface area contributed by atoms with Crippen molar-refractivity contribution in [2.45, 2.75) is 6.42 Å². The Morgan fingerprint density at radius 3 is 2.93 bits per heavy atom. The quantitative estimate of drug-likeness (QED) is 0.569. The van der Waals surface area contributed by atoms with E-state index in [1.165, 1.54) is 12.1 Å². The van der Waals surface area contributed by atoms with Crippen molar-refractivity contribution < 1.29 is 9.13 Å². The maximum atomic E-state index is 13.0. The van der Waals surface area contributed by atoms with E-state index in [4.69, 9.17) is 21.6 Å². The average molecular weight is 214 g/mol. The summed E-state index contributed by atoms with van der Waals surface area (Å²) in [5, 5.41) is 8.66. The largest absolute Gasteiger partial charge is 0.492 e. The molecular weight excluding hydrogens is 205 g/mol. The van der Waals surface area contributed by atoms with Gasteiger partial charge in [0.2, 0.25) is 0 Å². The van der Waals surface area contributed by atoms with Crippen molar-refractivity contribution in [2.24, 2.45) is 0 Å². The fraction of sp³-hybridized carbons (Fsp3) is 0.300. The minimum absolute atomic E-state index is 0.0536. The second kappa shape index (κ2) is 5.46. The van der Waals surface area contributed by atoms with E-state index in [1.54, 1.807) is 12.1 Å². The number of rotatable bonds is 4. The Bertz CT molecular complexity index is 348. The number of benzene rings is 1. The van der Waals surface area contributed by atoms with Crippen molar-refractivity contribution in [1.29, 1.82) is 5.26 Å². The van der Waals surface area contributed by atoms with E-state index in [-0.39, 0.29) is 11.3 Å². The summed E-state index contributed by atoms with van der Waals surface area (Å²) >= 11 is 5.45. The zero-order chi connectivity index (χ0) is 10.4. The lowest BCUT2D eigenvalue weighted by atomic mass is 10.2. The van der Waals surface area contributed by atoms with E-state index >= 15 is 0 Å². The van der Waals surface area contributed by atoms with Gasteiger partial charge < -0.3 is 4.74 Å². The molecule has 0 radical (unpaired) electrons. The van der Waals surface area contributed by atoms with E-state index < -0.39 is 5.82 Å². The molecule has 0 unspecified atom stereocenters. The van der Waals surface area contributed by atoms with E-state index in [9.17, 15) is 4.39 Å². The van der Waals surface area contributed by atoms with Gasteiger partial charge in [0.1, 0.15) is 23.2 Å². The Labute approximate surface area is 86.9 Å². The third-order valence-corrected chi connectivity index (χ3v) is 1.89. The smallest absolute Gasteiger partial charge is 0.144 e. The Balaban J connectivity index is 2.76. The van der Waals surface area contributed by atoms with Crippen molar-refractivity contribution >= 4 is 11.6 Å². The van der Waals surface area contributed by atoms with E-state index in [0.717, 1.165) is 0 Å². The number of hydrogen-bond acceptors (Lipinski definition) is 2. The lowest BCUT2D eigenvalue weighted by Gasteiger charge is -2.06. The first-order valence-electron chi connectivity index (χ1n) is 4.17. The van der Waals surface area contributed by atoms with Gasteiger partial charge in [0, 0.05) is 5.88 Å². The average Bonchev–Trinajstić information content (AvgIpc) is 2.18. The van der Waals surface area contributed by atoms with E-state index in [0.29, 0.717) is 18.9 Å². The number of nitrogens with zero attached hydrogens (tertiary/aromatic N) is 1. The van der Waals surface area contributed by atoms with Crippen LogP contribution >= 0.6 is 11.6 Å². The van der Waals surface area contributed by atoms with E-state index in [2.05, 4.69) is 0 Å². The fourth-order valence-corrected chi connectivity index (χ4v) is 1.08. The first-order valence-corrected chi connectivity index (χ1v) is 4.70. The van der Waals surface area contributed by atoms with Gasteiger partial charge in [-0.1, -0.05) is 6.07 Å². The summed E-state index contributed by atoms with van der Waals surface area (Å²) in [4.78, 5) is 0. The normalized spacial score (nSPS) is 9.50. The molecule has 4 heteroatoms. The third kappa shape index (κ3) is 2.61. The topological polar surface area (TPSA) is 33.0 Å². The van der Waals surface area contributed by atoms with Crippen LogP contribution in [-0.2, 0) is 0 Å². The minimum atomic E-state index is -0.559. The van der Waals surface area contributed by atoms with Crippen LogP contribution in [0.25, 0.3) is 0 Å². The molecule has 74 valence electrons. The molecule has 0 spiro atoms. The van der Waals surface area contributed by atoms with Crippen molar-refractivity contribution in [3.05, 3.63) is 29.6 Å². The fourth-order valence-electron chi connectivity index (χ4n) is 0.970. The molecule has 1 rings (SSSR count). The number of ether oxygens (including phenoxy) is 1. The highest BCUT2D eigenvalue weighted by Gasteiger charge is 2.07. The molecule has 0 aromatic heterocycles. The lowest BCUT2D eigenvalue weighted by Crippen LogP contribution is -2.00. The summed E-state index contributed by atoms with van der Waals surface area (Å²) in [7, 11) is 0.